The molecule has 0 aliphatic heterocycles. The molecule has 1 heterocycles. The first-order valence-electron chi connectivity index (χ1n) is 9.75. The summed E-state index contributed by atoms with van der Waals surface area (Å²) >= 11 is 0. The molecule has 3 rings (SSSR count). The molecule has 1 amide bonds. The predicted molar refractivity (Wildman–Crippen MR) is 100 cm³/mol. The Morgan fingerprint density at radius 2 is 2.00 bits per heavy atom. The summed E-state index contributed by atoms with van der Waals surface area (Å²) < 4.78 is 16.5. The number of nitrogens with one attached hydrogen (secondary N) is 1. The average molecular weight is 392 g/mol. The van der Waals surface area contributed by atoms with Gasteiger partial charge in [0.25, 0.3) is 5.91 Å². The number of methoxy groups -OCH3 is 1. The lowest BCUT2D eigenvalue weighted by Gasteiger charge is -2.26. The molecule has 0 radical (unpaired) electrons. The van der Waals surface area contributed by atoms with E-state index < -0.39 is 17.9 Å². The summed E-state index contributed by atoms with van der Waals surface area (Å²) in [5.41, 5.74) is -0.212. The smallest absolute Gasteiger partial charge is 0.328 e. The van der Waals surface area contributed by atoms with Crippen molar-refractivity contribution in [3.63, 3.8) is 0 Å². The van der Waals surface area contributed by atoms with E-state index in [1.807, 2.05) is 6.92 Å². The van der Waals surface area contributed by atoms with E-state index in [0.717, 1.165) is 19.4 Å². The zero-order valence-electron chi connectivity index (χ0n) is 16.5. The second-order valence-corrected chi connectivity index (χ2v) is 7.63. The molecule has 0 aromatic carbocycles. The van der Waals surface area contributed by atoms with Crippen molar-refractivity contribution < 1.29 is 28.9 Å². The molecule has 2 saturated carbocycles. The van der Waals surface area contributed by atoms with Crippen molar-refractivity contribution >= 4 is 11.9 Å². The van der Waals surface area contributed by atoms with Gasteiger partial charge in [-0.3, -0.25) is 4.79 Å². The van der Waals surface area contributed by atoms with Crippen LogP contribution in [0.1, 0.15) is 50.0 Å². The molecule has 8 nitrogen and oxygen atoms in total. The maximum Gasteiger partial charge on any atom is 0.328 e. The number of carbonyl (C=O) groups is 2. The number of aromatic hydroxyl groups is 1. The summed E-state index contributed by atoms with van der Waals surface area (Å²) in [6, 6.07) is 0.538. The fourth-order valence-corrected chi connectivity index (χ4v) is 3.05. The highest BCUT2D eigenvalue weighted by Gasteiger charge is 2.39. The lowest BCUT2D eigenvalue weighted by atomic mass is 10.1. The fourth-order valence-electron chi connectivity index (χ4n) is 3.05. The van der Waals surface area contributed by atoms with E-state index in [4.69, 9.17) is 14.2 Å². The highest BCUT2D eigenvalue weighted by atomic mass is 16.6. The Labute approximate surface area is 164 Å². The van der Waals surface area contributed by atoms with Crippen LogP contribution in [0.5, 0.6) is 11.5 Å². The van der Waals surface area contributed by atoms with Gasteiger partial charge in [0.1, 0.15) is 12.1 Å². The van der Waals surface area contributed by atoms with E-state index in [9.17, 15) is 14.7 Å². The first-order valence-corrected chi connectivity index (χ1v) is 9.75. The topological polar surface area (TPSA) is 107 Å². The molecule has 8 heteroatoms. The monoisotopic (exact) mass is 392 g/mol. The molecule has 0 unspecified atom stereocenters. The lowest BCUT2D eigenvalue weighted by Crippen LogP contribution is -2.43. The zero-order chi connectivity index (χ0) is 20.3. The Kier molecular flexibility index (Phi) is 6.39. The molecule has 0 spiro atoms. The van der Waals surface area contributed by atoms with E-state index in [2.05, 4.69) is 10.3 Å². The van der Waals surface area contributed by atoms with Gasteiger partial charge in [0, 0.05) is 18.9 Å². The number of esters is 1. The Hall–Kier alpha value is -2.35. The van der Waals surface area contributed by atoms with Gasteiger partial charge in [-0.05, 0) is 51.4 Å². The Morgan fingerprint density at radius 3 is 2.61 bits per heavy atom. The van der Waals surface area contributed by atoms with Crippen LogP contribution in [0, 0.1) is 11.8 Å². The molecule has 2 aliphatic carbocycles. The minimum absolute atomic E-state index is 0.100. The standard InChI is InChI=1S/C20H28N2O6/c1-11(22-19(24)16-17(23)15(26-3)8-9-21-16)20(25)28-12(2)18(14-6-7-14)27-10-13-4-5-13/h8-9,11-14,18,23H,4-7,10H2,1-3H3,(H,22,24)/t11-,12-,18-/m0/s1. The van der Waals surface area contributed by atoms with Crippen molar-refractivity contribution in [2.75, 3.05) is 13.7 Å². The number of rotatable bonds is 10. The summed E-state index contributed by atoms with van der Waals surface area (Å²) in [6.45, 7) is 4.08. The molecule has 2 N–H and O–H groups in total. The van der Waals surface area contributed by atoms with Crippen molar-refractivity contribution in [3.05, 3.63) is 18.0 Å². The molecular formula is C20H28N2O6. The van der Waals surface area contributed by atoms with Crippen LogP contribution in [0.4, 0.5) is 0 Å². The van der Waals surface area contributed by atoms with E-state index in [1.165, 1.54) is 39.1 Å². The van der Waals surface area contributed by atoms with Gasteiger partial charge in [0.05, 0.1) is 13.2 Å². The first-order chi connectivity index (χ1) is 13.4. The number of carbonyl (C=O) groups excluding carboxylic acids is 2. The van der Waals surface area contributed by atoms with Gasteiger partial charge in [0.15, 0.2) is 17.2 Å². The summed E-state index contributed by atoms with van der Waals surface area (Å²) in [7, 11) is 1.37. The maximum absolute atomic E-state index is 12.4. The van der Waals surface area contributed by atoms with E-state index >= 15 is 0 Å². The molecule has 2 aliphatic rings. The number of nitrogens with zero attached hydrogens (tertiary/aromatic N) is 1. The quantitative estimate of drug-likeness (QED) is 0.587. The van der Waals surface area contributed by atoms with Crippen LogP contribution in [0.15, 0.2) is 12.3 Å². The number of amides is 1. The molecular weight excluding hydrogens is 364 g/mol. The Bertz CT molecular complexity index is 717. The first kappa shape index (κ1) is 20.4. The molecule has 1 aromatic rings. The third-order valence-corrected chi connectivity index (χ3v) is 5.10. The molecule has 28 heavy (non-hydrogen) atoms. The minimum atomic E-state index is -0.898. The third kappa shape index (κ3) is 5.13. The maximum atomic E-state index is 12.4. The van der Waals surface area contributed by atoms with Crippen LogP contribution < -0.4 is 10.1 Å². The lowest BCUT2D eigenvalue weighted by molar-refractivity contribution is -0.159. The number of hydrogen-bond acceptors (Lipinski definition) is 7. The van der Waals surface area contributed by atoms with E-state index in [0.29, 0.717) is 11.8 Å². The molecule has 1 aromatic heterocycles. The van der Waals surface area contributed by atoms with Crippen LogP contribution in [0.25, 0.3) is 0 Å². The predicted octanol–water partition coefficient (Wildman–Crippen LogP) is 2.05. The van der Waals surface area contributed by atoms with E-state index in [1.54, 1.807) is 0 Å². The normalized spacial score (nSPS) is 19.4. The van der Waals surface area contributed by atoms with Gasteiger partial charge in [0.2, 0.25) is 0 Å². The second-order valence-electron chi connectivity index (χ2n) is 7.63. The van der Waals surface area contributed by atoms with Crippen LogP contribution in [-0.4, -0.2) is 53.9 Å². The van der Waals surface area contributed by atoms with Gasteiger partial charge in [-0.2, -0.15) is 0 Å². The van der Waals surface area contributed by atoms with Crippen LogP contribution >= 0.6 is 0 Å². The summed E-state index contributed by atoms with van der Waals surface area (Å²) in [5.74, 6) is -0.404. The van der Waals surface area contributed by atoms with Crippen molar-refractivity contribution in [1.29, 1.82) is 0 Å². The molecule has 0 saturated heterocycles. The largest absolute Gasteiger partial charge is 0.503 e. The number of hydrogen-bond donors (Lipinski definition) is 2. The van der Waals surface area contributed by atoms with Crippen molar-refractivity contribution in [3.8, 4) is 11.5 Å². The summed E-state index contributed by atoms with van der Waals surface area (Å²) in [5, 5.41) is 12.5. The summed E-state index contributed by atoms with van der Waals surface area (Å²) in [6.07, 6.45) is 5.45. The van der Waals surface area contributed by atoms with Crippen molar-refractivity contribution in [2.45, 2.75) is 57.8 Å². The highest BCUT2D eigenvalue weighted by molar-refractivity contribution is 5.97. The molecule has 154 valence electrons. The average Bonchev–Trinajstić information content (AvgIpc) is 3.56. The number of pyridine rings is 1. The molecule has 3 atom stereocenters. The van der Waals surface area contributed by atoms with Crippen LogP contribution in [0.2, 0.25) is 0 Å². The van der Waals surface area contributed by atoms with Gasteiger partial charge in [-0.15, -0.1) is 0 Å². The van der Waals surface area contributed by atoms with Gasteiger partial charge in [-0.1, -0.05) is 0 Å². The van der Waals surface area contributed by atoms with Crippen molar-refractivity contribution in [1.82, 2.24) is 10.3 Å². The van der Waals surface area contributed by atoms with Crippen molar-refractivity contribution in [2.24, 2.45) is 11.8 Å². The van der Waals surface area contributed by atoms with Gasteiger partial charge in [-0.25, -0.2) is 9.78 Å². The Balaban J connectivity index is 1.53. The third-order valence-electron chi connectivity index (χ3n) is 5.10. The zero-order valence-corrected chi connectivity index (χ0v) is 16.5. The second kappa shape index (κ2) is 8.77. The highest BCUT2D eigenvalue weighted by Crippen LogP contribution is 2.38. The number of ether oxygens (including phenoxy) is 3. The molecule has 2 fully saturated rings. The molecule has 0 bridgehead atoms. The fraction of sp³-hybridized carbons (Fsp3) is 0.650. The van der Waals surface area contributed by atoms with Crippen LogP contribution in [-0.2, 0) is 14.3 Å². The SMILES string of the molecule is COc1ccnc(C(=O)N[C@@H](C)C(=O)O[C@@H](C)[C@H](OCC2CC2)C2CC2)c1O. The summed E-state index contributed by atoms with van der Waals surface area (Å²) in [4.78, 5) is 28.6. The Morgan fingerprint density at radius 1 is 1.29 bits per heavy atom. The van der Waals surface area contributed by atoms with E-state index in [-0.39, 0.29) is 29.4 Å². The minimum Gasteiger partial charge on any atom is -0.503 e. The van der Waals surface area contributed by atoms with Gasteiger partial charge < -0.3 is 24.6 Å². The van der Waals surface area contributed by atoms with Crippen LogP contribution in [0.3, 0.4) is 0 Å². The number of aromatic nitrogens is 1. The van der Waals surface area contributed by atoms with Gasteiger partial charge >= 0.3 is 5.97 Å².